The first-order chi connectivity index (χ1) is 14.7. The van der Waals surface area contributed by atoms with Crippen LogP contribution < -0.4 is 29.6 Å². The Morgan fingerprint density at radius 1 is 0.839 bits per heavy atom. The topological polar surface area (TPSA) is 73.3 Å². The number of methoxy groups -OCH3 is 4. The number of nitrogens with one attached hydrogen (secondary N) is 2. The van der Waals surface area contributed by atoms with E-state index >= 15 is 0 Å². The van der Waals surface area contributed by atoms with E-state index in [-0.39, 0.29) is 24.0 Å². The second-order valence-electron chi connectivity index (χ2n) is 6.51. The van der Waals surface area contributed by atoms with Crippen molar-refractivity contribution in [1.29, 1.82) is 0 Å². The molecule has 0 saturated carbocycles. The standard InChI is InChI=1S/C23H33N3O4.HI/c1-6-24-23(25-13-11-17-9-7-8-10-20(17)28-3)26-14-12-19-21(29-4)15-18(27-2)16-22(19)30-5;/h7-10,15-16H,6,11-14H2,1-5H3,(H2,24,25,26);1H. The van der Waals surface area contributed by atoms with E-state index in [1.165, 1.54) is 0 Å². The maximum atomic E-state index is 5.52. The molecule has 0 fully saturated rings. The number of hydrogen-bond donors (Lipinski definition) is 2. The summed E-state index contributed by atoms with van der Waals surface area (Å²) in [5.41, 5.74) is 2.13. The van der Waals surface area contributed by atoms with Crippen LogP contribution in [0.3, 0.4) is 0 Å². The minimum absolute atomic E-state index is 0. The molecule has 0 unspecified atom stereocenters. The van der Waals surface area contributed by atoms with Crippen molar-refractivity contribution in [2.24, 2.45) is 4.99 Å². The molecule has 2 aromatic rings. The summed E-state index contributed by atoms with van der Waals surface area (Å²) >= 11 is 0. The van der Waals surface area contributed by atoms with Crippen molar-refractivity contribution in [3.05, 3.63) is 47.5 Å². The lowest BCUT2D eigenvalue weighted by atomic mass is 10.1. The summed E-state index contributed by atoms with van der Waals surface area (Å²) in [4.78, 5) is 4.70. The van der Waals surface area contributed by atoms with E-state index < -0.39 is 0 Å². The fourth-order valence-corrected chi connectivity index (χ4v) is 3.17. The number of rotatable bonds is 11. The van der Waals surface area contributed by atoms with Crippen LogP contribution in [0.1, 0.15) is 18.1 Å². The van der Waals surface area contributed by atoms with Gasteiger partial charge in [-0.2, -0.15) is 0 Å². The lowest BCUT2D eigenvalue weighted by molar-refractivity contribution is 0.369. The first-order valence-corrected chi connectivity index (χ1v) is 10.1. The molecule has 2 N–H and O–H groups in total. The van der Waals surface area contributed by atoms with E-state index in [0.29, 0.717) is 18.7 Å². The van der Waals surface area contributed by atoms with Gasteiger partial charge >= 0.3 is 0 Å². The van der Waals surface area contributed by atoms with Gasteiger partial charge in [-0.15, -0.1) is 24.0 Å². The molecule has 31 heavy (non-hydrogen) atoms. The molecule has 2 rings (SSSR count). The van der Waals surface area contributed by atoms with E-state index in [2.05, 4.69) is 16.7 Å². The molecule has 0 amide bonds. The predicted molar refractivity (Wildman–Crippen MR) is 136 cm³/mol. The van der Waals surface area contributed by atoms with Gasteiger partial charge in [0.15, 0.2) is 5.96 Å². The first-order valence-electron chi connectivity index (χ1n) is 10.1. The smallest absolute Gasteiger partial charge is 0.191 e. The SMILES string of the molecule is CCNC(=NCCc1c(OC)cc(OC)cc1OC)NCCc1ccccc1OC.I. The molecule has 2 aromatic carbocycles. The molecule has 0 radical (unpaired) electrons. The van der Waals surface area contributed by atoms with Gasteiger partial charge in [-0.3, -0.25) is 4.99 Å². The van der Waals surface area contributed by atoms with Crippen LogP contribution in [0.15, 0.2) is 41.4 Å². The van der Waals surface area contributed by atoms with Gasteiger partial charge in [0.05, 0.1) is 28.4 Å². The number of aliphatic imine (C=N–C) groups is 1. The largest absolute Gasteiger partial charge is 0.496 e. The normalized spacial score (nSPS) is 10.7. The molecule has 8 heteroatoms. The maximum absolute atomic E-state index is 5.52. The number of hydrogen-bond acceptors (Lipinski definition) is 5. The average Bonchev–Trinajstić information content (AvgIpc) is 2.79. The first kappa shape index (κ1) is 26.7. The van der Waals surface area contributed by atoms with Crippen LogP contribution in [0.4, 0.5) is 0 Å². The van der Waals surface area contributed by atoms with Crippen molar-refractivity contribution in [2.45, 2.75) is 19.8 Å². The monoisotopic (exact) mass is 543 g/mol. The Kier molecular flexibility index (Phi) is 12.6. The maximum Gasteiger partial charge on any atom is 0.191 e. The van der Waals surface area contributed by atoms with E-state index in [1.54, 1.807) is 28.4 Å². The Morgan fingerprint density at radius 2 is 1.48 bits per heavy atom. The highest BCUT2D eigenvalue weighted by Gasteiger charge is 2.13. The molecule has 0 spiro atoms. The molecule has 7 nitrogen and oxygen atoms in total. The van der Waals surface area contributed by atoms with Crippen LogP contribution in [0.2, 0.25) is 0 Å². The number of nitrogens with zero attached hydrogens (tertiary/aromatic N) is 1. The van der Waals surface area contributed by atoms with Crippen LogP contribution in [0, 0.1) is 0 Å². The summed E-state index contributed by atoms with van der Waals surface area (Å²) in [5, 5.41) is 6.67. The lowest BCUT2D eigenvalue weighted by Gasteiger charge is -2.15. The van der Waals surface area contributed by atoms with Crippen molar-refractivity contribution in [3.8, 4) is 23.0 Å². The zero-order valence-corrected chi connectivity index (χ0v) is 21.3. The molecule has 0 bridgehead atoms. The fraction of sp³-hybridized carbons (Fsp3) is 0.435. The molecule has 172 valence electrons. The van der Waals surface area contributed by atoms with Crippen molar-refractivity contribution in [1.82, 2.24) is 10.6 Å². The van der Waals surface area contributed by atoms with Gasteiger partial charge in [-0.25, -0.2) is 0 Å². The Labute approximate surface area is 202 Å². The molecule has 0 aliphatic rings. The van der Waals surface area contributed by atoms with Crippen molar-refractivity contribution in [3.63, 3.8) is 0 Å². The minimum Gasteiger partial charge on any atom is -0.496 e. The summed E-state index contributed by atoms with van der Waals surface area (Å²) in [6.07, 6.45) is 1.52. The average molecular weight is 543 g/mol. The van der Waals surface area contributed by atoms with Gasteiger partial charge in [-0.05, 0) is 31.4 Å². The molecule has 0 aromatic heterocycles. The molecule has 0 aliphatic heterocycles. The third kappa shape index (κ3) is 8.01. The zero-order valence-electron chi connectivity index (χ0n) is 19.0. The predicted octanol–water partition coefficient (Wildman–Crippen LogP) is 3.68. The molecular formula is C23H34IN3O4. The summed E-state index contributed by atoms with van der Waals surface area (Å²) in [7, 11) is 6.60. The molecule has 0 atom stereocenters. The number of halogens is 1. The highest BCUT2D eigenvalue weighted by Crippen LogP contribution is 2.34. The van der Waals surface area contributed by atoms with Crippen molar-refractivity contribution >= 4 is 29.9 Å². The fourth-order valence-electron chi connectivity index (χ4n) is 3.17. The number of ether oxygens (including phenoxy) is 4. The van der Waals surface area contributed by atoms with E-state index in [0.717, 1.165) is 53.8 Å². The third-order valence-electron chi connectivity index (χ3n) is 4.67. The van der Waals surface area contributed by atoms with Crippen LogP contribution >= 0.6 is 24.0 Å². The Balaban J connectivity index is 0.00000480. The van der Waals surface area contributed by atoms with Crippen LogP contribution in [0.5, 0.6) is 23.0 Å². The van der Waals surface area contributed by atoms with Gasteiger partial charge in [-0.1, -0.05) is 18.2 Å². The number of benzene rings is 2. The van der Waals surface area contributed by atoms with E-state index in [4.69, 9.17) is 23.9 Å². The highest BCUT2D eigenvalue weighted by atomic mass is 127. The van der Waals surface area contributed by atoms with Gasteiger partial charge < -0.3 is 29.6 Å². The van der Waals surface area contributed by atoms with Gasteiger partial charge in [0.25, 0.3) is 0 Å². The number of guanidine groups is 1. The van der Waals surface area contributed by atoms with E-state index in [1.807, 2.05) is 37.3 Å². The summed E-state index contributed by atoms with van der Waals surface area (Å²) in [6.45, 7) is 4.17. The van der Waals surface area contributed by atoms with Gasteiger partial charge in [0, 0.05) is 37.3 Å². The second kappa shape index (κ2) is 14.6. The van der Waals surface area contributed by atoms with Crippen LogP contribution in [-0.4, -0.2) is 54.0 Å². The molecule has 0 saturated heterocycles. The Morgan fingerprint density at radius 3 is 2.06 bits per heavy atom. The quantitative estimate of drug-likeness (QED) is 0.256. The highest BCUT2D eigenvalue weighted by molar-refractivity contribution is 14.0. The molecule has 0 aliphatic carbocycles. The number of para-hydroxylation sites is 1. The lowest BCUT2D eigenvalue weighted by Crippen LogP contribution is -2.38. The zero-order chi connectivity index (χ0) is 21.8. The Hall–Kier alpha value is -2.36. The van der Waals surface area contributed by atoms with Crippen molar-refractivity contribution in [2.75, 3.05) is 48.1 Å². The van der Waals surface area contributed by atoms with Crippen molar-refractivity contribution < 1.29 is 18.9 Å². The molecular weight excluding hydrogens is 509 g/mol. The minimum atomic E-state index is 0. The second-order valence-corrected chi connectivity index (χ2v) is 6.51. The molecule has 0 heterocycles. The summed E-state index contributed by atoms with van der Waals surface area (Å²) in [6, 6.07) is 11.8. The third-order valence-corrected chi connectivity index (χ3v) is 4.67. The van der Waals surface area contributed by atoms with E-state index in [9.17, 15) is 0 Å². The Bertz CT molecular complexity index is 805. The van der Waals surface area contributed by atoms with Gasteiger partial charge in [0.1, 0.15) is 23.0 Å². The summed E-state index contributed by atoms with van der Waals surface area (Å²) < 4.78 is 21.8. The van der Waals surface area contributed by atoms with Gasteiger partial charge in [0.2, 0.25) is 0 Å². The van der Waals surface area contributed by atoms with Crippen LogP contribution in [-0.2, 0) is 12.8 Å². The van der Waals surface area contributed by atoms with Crippen LogP contribution in [0.25, 0.3) is 0 Å². The summed E-state index contributed by atoms with van der Waals surface area (Å²) in [5.74, 6) is 3.84.